The van der Waals surface area contributed by atoms with Gasteiger partial charge in [-0.25, -0.2) is 10.4 Å². The van der Waals surface area contributed by atoms with Crippen LogP contribution in [0.1, 0.15) is 32.3 Å². The lowest BCUT2D eigenvalue weighted by Crippen LogP contribution is -2.47. The van der Waals surface area contributed by atoms with Crippen LogP contribution in [0.15, 0.2) is 29.5 Å². The van der Waals surface area contributed by atoms with Crippen LogP contribution in [0.4, 0.5) is 5.82 Å². The summed E-state index contributed by atoms with van der Waals surface area (Å²) in [5.41, 5.74) is 5.72. The minimum atomic E-state index is -0.367. The van der Waals surface area contributed by atoms with Gasteiger partial charge in [0, 0.05) is 43.5 Å². The molecule has 152 valence electrons. The molecule has 1 amide bonds. The number of nitrogens with zero attached hydrogens (tertiary/aromatic N) is 3. The van der Waals surface area contributed by atoms with E-state index in [0.717, 1.165) is 36.5 Å². The fourth-order valence-electron chi connectivity index (χ4n) is 3.42. The lowest BCUT2D eigenvalue weighted by Gasteiger charge is -2.32. The van der Waals surface area contributed by atoms with Crippen LogP contribution in [0.2, 0.25) is 0 Å². The molecule has 3 rings (SSSR count). The topological polar surface area (TPSA) is 84.0 Å². The molecule has 0 unspecified atom stereocenters. The molecule has 1 fully saturated rings. The molecule has 0 aliphatic carbocycles. The normalized spacial score (nSPS) is 17.9. The average Bonchev–Trinajstić information content (AvgIpc) is 2.72. The zero-order valence-corrected chi connectivity index (χ0v) is 16.6. The third kappa shape index (κ3) is 4.88. The van der Waals surface area contributed by atoms with Crippen molar-refractivity contribution in [1.82, 2.24) is 15.4 Å². The molecule has 0 radical (unpaired) electrons. The number of hydrazine groups is 1. The highest BCUT2D eigenvalue weighted by molar-refractivity contribution is 5.98. The molecule has 2 aliphatic rings. The number of esters is 1. The van der Waals surface area contributed by atoms with Crippen molar-refractivity contribution in [3.63, 3.8) is 0 Å². The van der Waals surface area contributed by atoms with Gasteiger partial charge in [-0.15, -0.1) is 0 Å². The first-order valence-corrected chi connectivity index (χ1v) is 9.76. The Labute approximate surface area is 165 Å². The molecular formula is C20H28N4O4. The van der Waals surface area contributed by atoms with Gasteiger partial charge in [0.1, 0.15) is 5.82 Å². The summed E-state index contributed by atoms with van der Waals surface area (Å²) in [6.45, 7) is 8.02. The highest BCUT2D eigenvalue weighted by Crippen LogP contribution is 2.22. The second kappa shape index (κ2) is 9.66. The number of rotatable bonds is 7. The Hall–Kier alpha value is -2.45. The Morgan fingerprint density at radius 1 is 1.32 bits per heavy atom. The highest BCUT2D eigenvalue weighted by atomic mass is 16.5. The maximum absolute atomic E-state index is 12.8. The molecule has 8 heteroatoms. The van der Waals surface area contributed by atoms with Crippen LogP contribution in [0.5, 0.6) is 0 Å². The van der Waals surface area contributed by atoms with Crippen LogP contribution in [0.25, 0.3) is 0 Å². The second-order valence-electron chi connectivity index (χ2n) is 6.87. The number of carbonyl (C=O) groups excluding carboxylic acids is 2. The zero-order valence-electron chi connectivity index (χ0n) is 16.6. The Morgan fingerprint density at radius 3 is 2.86 bits per heavy atom. The molecule has 0 atom stereocenters. The van der Waals surface area contributed by atoms with E-state index < -0.39 is 0 Å². The van der Waals surface area contributed by atoms with Crippen LogP contribution in [0, 0.1) is 0 Å². The molecule has 0 aromatic carbocycles. The van der Waals surface area contributed by atoms with E-state index in [1.807, 2.05) is 19.1 Å². The number of ether oxygens (including phenoxy) is 2. The lowest BCUT2D eigenvalue weighted by molar-refractivity contribution is -0.144. The van der Waals surface area contributed by atoms with Crippen molar-refractivity contribution >= 4 is 17.7 Å². The third-order valence-electron chi connectivity index (χ3n) is 4.99. The summed E-state index contributed by atoms with van der Waals surface area (Å²) in [4.78, 5) is 31.4. The van der Waals surface area contributed by atoms with E-state index in [4.69, 9.17) is 9.47 Å². The predicted octanol–water partition coefficient (Wildman–Crippen LogP) is 1.42. The maximum atomic E-state index is 12.8. The number of carbonyl (C=O) groups is 2. The van der Waals surface area contributed by atoms with E-state index in [0.29, 0.717) is 38.5 Å². The van der Waals surface area contributed by atoms with Crippen molar-refractivity contribution in [2.24, 2.45) is 0 Å². The van der Waals surface area contributed by atoms with E-state index in [1.54, 1.807) is 18.1 Å². The SMILES string of the molecule is CCOC(=O)CC1=C(C)CCN(NCc2cccnc2N2CCOCC2)C1=O. The Morgan fingerprint density at radius 2 is 2.11 bits per heavy atom. The molecule has 8 nitrogen and oxygen atoms in total. The van der Waals surface area contributed by atoms with Gasteiger partial charge in [0.2, 0.25) is 0 Å². The fourth-order valence-corrected chi connectivity index (χ4v) is 3.42. The van der Waals surface area contributed by atoms with Crippen molar-refractivity contribution in [2.75, 3.05) is 44.4 Å². The van der Waals surface area contributed by atoms with E-state index in [1.165, 1.54) is 0 Å². The average molecular weight is 388 g/mol. The molecule has 3 heterocycles. The van der Waals surface area contributed by atoms with Crippen LogP contribution in [0.3, 0.4) is 0 Å². The molecule has 1 saturated heterocycles. The van der Waals surface area contributed by atoms with E-state index in [9.17, 15) is 9.59 Å². The fraction of sp³-hybridized carbons (Fsp3) is 0.550. The Kier molecular flexibility index (Phi) is 7.00. The molecular weight excluding hydrogens is 360 g/mol. The van der Waals surface area contributed by atoms with Gasteiger partial charge in [0.05, 0.1) is 26.2 Å². The number of aromatic nitrogens is 1. The largest absolute Gasteiger partial charge is 0.466 e. The standard InChI is InChI=1S/C20H28N4O4/c1-3-28-18(25)13-17-15(2)6-8-24(20(17)26)22-14-16-5-4-7-21-19(16)23-9-11-27-12-10-23/h4-5,7,22H,3,6,8-14H2,1-2H3. The first-order valence-electron chi connectivity index (χ1n) is 9.76. The number of pyridine rings is 1. The predicted molar refractivity (Wildman–Crippen MR) is 104 cm³/mol. The van der Waals surface area contributed by atoms with Gasteiger partial charge in [0.25, 0.3) is 5.91 Å². The quantitative estimate of drug-likeness (QED) is 0.707. The van der Waals surface area contributed by atoms with Crippen molar-refractivity contribution in [2.45, 2.75) is 33.2 Å². The van der Waals surface area contributed by atoms with Crippen LogP contribution in [-0.2, 0) is 25.6 Å². The van der Waals surface area contributed by atoms with Gasteiger partial charge < -0.3 is 14.4 Å². The summed E-state index contributed by atoms with van der Waals surface area (Å²) < 4.78 is 10.4. The maximum Gasteiger partial charge on any atom is 0.310 e. The van der Waals surface area contributed by atoms with Gasteiger partial charge in [-0.2, -0.15) is 0 Å². The first kappa shape index (κ1) is 20.3. The Balaban J connectivity index is 1.65. The van der Waals surface area contributed by atoms with E-state index in [2.05, 4.69) is 15.3 Å². The molecule has 1 N–H and O–H groups in total. The van der Waals surface area contributed by atoms with Gasteiger partial charge >= 0.3 is 5.97 Å². The van der Waals surface area contributed by atoms with E-state index >= 15 is 0 Å². The lowest BCUT2D eigenvalue weighted by atomic mass is 9.99. The highest BCUT2D eigenvalue weighted by Gasteiger charge is 2.27. The van der Waals surface area contributed by atoms with Crippen LogP contribution < -0.4 is 10.3 Å². The number of hydrogen-bond acceptors (Lipinski definition) is 7. The van der Waals surface area contributed by atoms with Crippen molar-refractivity contribution in [3.8, 4) is 0 Å². The third-order valence-corrected chi connectivity index (χ3v) is 4.99. The van der Waals surface area contributed by atoms with E-state index in [-0.39, 0.29) is 18.3 Å². The molecule has 1 aromatic heterocycles. The number of nitrogens with one attached hydrogen (secondary N) is 1. The van der Waals surface area contributed by atoms with Crippen molar-refractivity contribution in [1.29, 1.82) is 0 Å². The number of morpholine rings is 1. The number of hydrogen-bond donors (Lipinski definition) is 1. The summed E-state index contributed by atoms with van der Waals surface area (Å²) in [5.74, 6) is 0.392. The summed E-state index contributed by atoms with van der Waals surface area (Å²) in [6, 6.07) is 3.91. The molecule has 2 aliphatic heterocycles. The summed E-state index contributed by atoms with van der Waals surface area (Å²) in [7, 11) is 0. The van der Waals surface area contributed by atoms with Gasteiger partial charge in [-0.05, 0) is 26.3 Å². The van der Waals surface area contributed by atoms with Gasteiger partial charge in [0.15, 0.2) is 0 Å². The number of anilines is 1. The smallest absolute Gasteiger partial charge is 0.310 e. The second-order valence-corrected chi connectivity index (χ2v) is 6.87. The van der Waals surface area contributed by atoms with Gasteiger partial charge in [-0.3, -0.25) is 14.6 Å². The molecule has 0 bridgehead atoms. The first-order chi connectivity index (χ1) is 13.6. The van der Waals surface area contributed by atoms with Crippen LogP contribution in [-0.4, -0.2) is 61.3 Å². The number of amides is 1. The van der Waals surface area contributed by atoms with Gasteiger partial charge in [-0.1, -0.05) is 11.6 Å². The van der Waals surface area contributed by atoms with Crippen LogP contribution >= 0.6 is 0 Å². The zero-order chi connectivity index (χ0) is 19.9. The molecule has 28 heavy (non-hydrogen) atoms. The van der Waals surface area contributed by atoms with Crippen molar-refractivity contribution < 1.29 is 19.1 Å². The monoisotopic (exact) mass is 388 g/mol. The minimum Gasteiger partial charge on any atom is -0.466 e. The minimum absolute atomic E-state index is 0.0165. The molecule has 0 spiro atoms. The summed E-state index contributed by atoms with van der Waals surface area (Å²) >= 11 is 0. The summed E-state index contributed by atoms with van der Waals surface area (Å²) in [5, 5.41) is 1.59. The summed E-state index contributed by atoms with van der Waals surface area (Å²) in [6.07, 6.45) is 2.53. The molecule has 0 saturated carbocycles. The Bertz CT molecular complexity index is 743. The molecule has 1 aromatic rings. The van der Waals surface area contributed by atoms with Crippen molar-refractivity contribution in [3.05, 3.63) is 35.0 Å².